The van der Waals surface area contributed by atoms with E-state index in [2.05, 4.69) is 27.5 Å². The molecule has 1 saturated heterocycles. The lowest BCUT2D eigenvalue weighted by Crippen LogP contribution is -2.40. The zero-order valence-electron chi connectivity index (χ0n) is 16.6. The number of nitrogens with zero attached hydrogens (tertiary/aromatic N) is 3. The third kappa shape index (κ3) is 3.60. The van der Waals surface area contributed by atoms with Crippen LogP contribution in [0, 0.1) is 6.92 Å². The highest BCUT2D eigenvalue weighted by atomic mass is 16.5. The maximum absolute atomic E-state index is 10.5. The number of rotatable bonds is 4. The van der Waals surface area contributed by atoms with Crippen LogP contribution in [0.2, 0.25) is 0 Å². The molecular formula is C22H26N4O2. The lowest BCUT2D eigenvalue weighted by Gasteiger charge is -2.30. The number of fused-ring (bicyclic) bond motifs is 1. The van der Waals surface area contributed by atoms with Gasteiger partial charge < -0.3 is 20.1 Å². The number of likely N-dealkylation sites (tertiary alicyclic amines) is 1. The molecule has 0 saturated carbocycles. The Labute approximate surface area is 165 Å². The van der Waals surface area contributed by atoms with E-state index in [4.69, 9.17) is 4.74 Å². The van der Waals surface area contributed by atoms with Gasteiger partial charge in [0.05, 0.1) is 7.11 Å². The summed E-state index contributed by atoms with van der Waals surface area (Å²) >= 11 is 0. The number of anilines is 1. The van der Waals surface area contributed by atoms with Crippen molar-refractivity contribution in [3.8, 4) is 22.8 Å². The van der Waals surface area contributed by atoms with E-state index in [1.54, 1.807) is 13.2 Å². The number of aromatic hydroxyl groups is 1. The van der Waals surface area contributed by atoms with E-state index in [9.17, 15) is 5.11 Å². The summed E-state index contributed by atoms with van der Waals surface area (Å²) in [6.45, 7) is 4.06. The first-order valence-electron chi connectivity index (χ1n) is 9.64. The molecule has 2 aromatic carbocycles. The lowest BCUT2D eigenvalue weighted by molar-refractivity contribution is 0.261. The second kappa shape index (κ2) is 7.64. The first-order valence-corrected chi connectivity index (χ1v) is 9.64. The number of hydrogen-bond acceptors (Lipinski definition) is 6. The largest absolute Gasteiger partial charge is 0.507 e. The SMILES string of the molecule is COc1ccc2c(-c3ccc(C)cc3O)nnc(NC3CCCN(C)C3)c2c1. The van der Waals surface area contributed by atoms with Gasteiger partial charge in [-0.1, -0.05) is 6.07 Å². The van der Waals surface area contributed by atoms with Crippen LogP contribution >= 0.6 is 0 Å². The number of nitrogens with one attached hydrogen (secondary N) is 1. The molecule has 1 atom stereocenters. The minimum Gasteiger partial charge on any atom is -0.507 e. The average Bonchev–Trinajstić information content (AvgIpc) is 2.68. The van der Waals surface area contributed by atoms with E-state index >= 15 is 0 Å². The molecule has 1 unspecified atom stereocenters. The molecule has 1 aliphatic heterocycles. The highest BCUT2D eigenvalue weighted by Crippen LogP contribution is 2.36. The zero-order chi connectivity index (χ0) is 19.7. The Hall–Kier alpha value is -2.86. The van der Waals surface area contributed by atoms with Crippen molar-refractivity contribution >= 4 is 16.6 Å². The zero-order valence-corrected chi connectivity index (χ0v) is 16.6. The minimum atomic E-state index is 0.209. The van der Waals surface area contributed by atoms with Crippen molar-refractivity contribution in [3.05, 3.63) is 42.0 Å². The molecule has 1 aromatic heterocycles. The number of hydrogen-bond donors (Lipinski definition) is 2. The van der Waals surface area contributed by atoms with E-state index in [-0.39, 0.29) is 5.75 Å². The standard InChI is InChI=1S/C22H26N4O2/c1-14-6-8-18(20(27)11-14)21-17-9-7-16(28-3)12-19(17)22(25-24-21)23-15-5-4-10-26(2)13-15/h6-9,11-12,15,27H,4-5,10,13H2,1-3H3,(H,23,25). The van der Waals surface area contributed by atoms with E-state index in [0.29, 0.717) is 17.3 Å². The van der Waals surface area contributed by atoms with Crippen molar-refractivity contribution in [2.75, 3.05) is 32.6 Å². The van der Waals surface area contributed by atoms with Gasteiger partial charge in [0.25, 0.3) is 0 Å². The van der Waals surface area contributed by atoms with Crippen LogP contribution in [0.1, 0.15) is 18.4 Å². The van der Waals surface area contributed by atoms with Crippen molar-refractivity contribution in [2.24, 2.45) is 0 Å². The van der Waals surface area contributed by atoms with Crippen LogP contribution in [-0.4, -0.2) is 53.5 Å². The molecule has 3 aromatic rings. The summed E-state index contributed by atoms with van der Waals surface area (Å²) in [5, 5.41) is 24.9. The minimum absolute atomic E-state index is 0.209. The number of methoxy groups -OCH3 is 1. The molecule has 4 rings (SSSR count). The number of ether oxygens (including phenoxy) is 1. The fourth-order valence-electron chi connectivity index (χ4n) is 3.89. The number of aryl methyl sites for hydroxylation is 1. The van der Waals surface area contributed by atoms with Gasteiger partial charge in [0.15, 0.2) is 5.82 Å². The smallest absolute Gasteiger partial charge is 0.157 e. The van der Waals surface area contributed by atoms with Crippen LogP contribution in [-0.2, 0) is 0 Å². The quantitative estimate of drug-likeness (QED) is 0.719. The number of piperidine rings is 1. The van der Waals surface area contributed by atoms with Gasteiger partial charge in [-0.05, 0) is 69.3 Å². The van der Waals surface area contributed by atoms with Crippen molar-refractivity contribution in [3.63, 3.8) is 0 Å². The van der Waals surface area contributed by atoms with Crippen molar-refractivity contribution < 1.29 is 9.84 Å². The molecule has 28 heavy (non-hydrogen) atoms. The van der Waals surface area contributed by atoms with Crippen LogP contribution in [0.4, 0.5) is 5.82 Å². The van der Waals surface area contributed by atoms with Crippen molar-refractivity contribution in [2.45, 2.75) is 25.8 Å². The summed E-state index contributed by atoms with van der Waals surface area (Å²) in [6.07, 6.45) is 2.27. The Morgan fingerprint density at radius 1 is 1.14 bits per heavy atom. The van der Waals surface area contributed by atoms with Crippen LogP contribution < -0.4 is 10.1 Å². The molecule has 2 heterocycles. The summed E-state index contributed by atoms with van der Waals surface area (Å²) in [5.74, 6) is 1.73. The molecule has 0 spiro atoms. The Balaban J connectivity index is 1.81. The van der Waals surface area contributed by atoms with Gasteiger partial charge in [0.2, 0.25) is 0 Å². The number of aromatic nitrogens is 2. The van der Waals surface area contributed by atoms with Crippen molar-refractivity contribution in [1.29, 1.82) is 0 Å². The number of phenols is 1. The van der Waals surface area contributed by atoms with Crippen molar-refractivity contribution in [1.82, 2.24) is 15.1 Å². The molecule has 0 bridgehead atoms. The maximum atomic E-state index is 10.5. The molecule has 6 heteroatoms. The molecule has 0 aliphatic carbocycles. The van der Waals surface area contributed by atoms with Gasteiger partial charge in [-0.2, -0.15) is 0 Å². The molecular weight excluding hydrogens is 352 g/mol. The second-order valence-corrected chi connectivity index (χ2v) is 7.58. The Morgan fingerprint density at radius 2 is 2.00 bits per heavy atom. The highest BCUT2D eigenvalue weighted by Gasteiger charge is 2.20. The maximum Gasteiger partial charge on any atom is 0.157 e. The number of likely N-dealkylation sites (N-methyl/N-ethyl adjacent to an activating group) is 1. The predicted octanol–water partition coefficient (Wildman–Crippen LogP) is 3.83. The summed E-state index contributed by atoms with van der Waals surface area (Å²) in [7, 11) is 3.80. The monoisotopic (exact) mass is 378 g/mol. The molecule has 146 valence electrons. The summed E-state index contributed by atoms with van der Waals surface area (Å²) < 4.78 is 5.44. The Kier molecular flexibility index (Phi) is 5.05. The van der Waals surface area contributed by atoms with Gasteiger partial charge in [0, 0.05) is 28.9 Å². The van der Waals surface area contributed by atoms with E-state index in [1.807, 2.05) is 37.3 Å². The van der Waals surface area contributed by atoms with Crippen LogP contribution in [0.15, 0.2) is 36.4 Å². The van der Waals surface area contributed by atoms with Gasteiger partial charge in [0.1, 0.15) is 17.2 Å². The second-order valence-electron chi connectivity index (χ2n) is 7.58. The van der Waals surface area contributed by atoms with E-state index in [1.165, 1.54) is 0 Å². The first kappa shape index (κ1) is 18.5. The molecule has 2 N–H and O–H groups in total. The highest BCUT2D eigenvalue weighted by molar-refractivity contribution is 6.01. The van der Waals surface area contributed by atoms with Gasteiger partial charge in [-0.15, -0.1) is 10.2 Å². The van der Waals surface area contributed by atoms with Crippen LogP contribution in [0.3, 0.4) is 0 Å². The van der Waals surface area contributed by atoms with E-state index in [0.717, 1.165) is 53.8 Å². The third-order valence-corrected chi connectivity index (χ3v) is 5.36. The van der Waals surface area contributed by atoms with Crippen LogP contribution in [0.5, 0.6) is 11.5 Å². The van der Waals surface area contributed by atoms with Crippen LogP contribution in [0.25, 0.3) is 22.0 Å². The summed E-state index contributed by atoms with van der Waals surface area (Å²) in [5.41, 5.74) is 2.35. The topological polar surface area (TPSA) is 70.5 Å². The summed E-state index contributed by atoms with van der Waals surface area (Å²) in [6, 6.07) is 11.8. The molecule has 1 aliphatic rings. The predicted molar refractivity (Wildman–Crippen MR) is 112 cm³/mol. The Morgan fingerprint density at radius 3 is 2.75 bits per heavy atom. The molecule has 0 amide bonds. The Bertz CT molecular complexity index is 1010. The number of phenolic OH excluding ortho intramolecular Hbond substituents is 1. The average molecular weight is 378 g/mol. The fraction of sp³-hybridized carbons (Fsp3) is 0.364. The fourth-order valence-corrected chi connectivity index (χ4v) is 3.89. The normalized spacial score (nSPS) is 17.6. The molecule has 0 radical (unpaired) electrons. The number of benzene rings is 2. The third-order valence-electron chi connectivity index (χ3n) is 5.36. The first-order chi connectivity index (χ1) is 13.5. The molecule has 1 fully saturated rings. The van der Waals surface area contributed by atoms with Gasteiger partial charge in [-0.3, -0.25) is 0 Å². The van der Waals surface area contributed by atoms with E-state index < -0.39 is 0 Å². The lowest BCUT2D eigenvalue weighted by atomic mass is 10.0. The molecule has 6 nitrogen and oxygen atoms in total. The van der Waals surface area contributed by atoms with Gasteiger partial charge in [-0.25, -0.2) is 0 Å². The summed E-state index contributed by atoms with van der Waals surface area (Å²) in [4.78, 5) is 2.33. The van der Waals surface area contributed by atoms with Gasteiger partial charge >= 0.3 is 0 Å².